The van der Waals surface area contributed by atoms with Gasteiger partial charge in [0, 0.05) is 22.3 Å². The normalized spacial score (nSPS) is 11.4. The molecule has 0 radical (unpaired) electrons. The van der Waals surface area contributed by atoms with Gasteiger partial charge in [-0.1, -0.05) is 47.5 Å². The average Bonchev–Trinajstić information content (AvgIpc) is 2.79. The van der Waals surface area contributed by atoms with Crippen molar-refractivity contribution in [1.29, 1.82) is 0 Å². The van der Waals surface area contributed by atoms with E-state index in [1.807, 2.05) is 19.1 Å². The van der Waals surface area contributed by atoms with Crippen LogP contribution in [0.4, 0.5) is 18.9 Å². The molecule has 0 aliphatic carbocycles. The molecule has 0 spiro atoms. The van der Waals surface area contributed by atoms with Gasteiger partial charge >= 0.3 is 6.18 Å². The van der Waals surface area contributed by atoms with E-state index in [2.05, 4.69) is 5.32 Å². The number of aryl methyl sites for hydroxylation is 1. The molecule has 0 atom stereocenters. The van der Waals surface area contributed by atoms with Gasteiger partial charge in [0.2, 0.25) is 11.2 Å². The van der Waals surface area contributed by atoms with Gasteiger partial charge in [-0.15, -0.1) is 0 Å². The molecule has 34 heavy (non-hydrogen) atoms. The molecule has 1 aromatic heterocycles. The van der Waals surface area contributed by atoms with Crippen LogP contribution >= 0.6 is 11.6 Å². The fourth-order valence-corrected chi connectivity index (χ4v) is 3.58. The highest BCUT2D eigenvalue weighted by atomic mass is 35.5. The van der Waals surface area contributed by atoms with Gasteiger partial charge < -0.3 is 14.5 Å². The van der Waals surface area contributed by atoms with Crippen LogP contribution in [0.1, 0.15) is 11.3 Å². The second-order valence-electron chi connectivity index (χ2n) is 7.47. The SMILES string of the molecule is Cc1ccc(NC(=O)COc2ccc3c(=O)c(-c4ccccc4Cl)c(C(F)(F)F)oc3c2)cc1. The summed E-state index contributed by atoms with van der Waals surface area (Å²) in [6.45, 7) is 1.52. The van der Waals surface area contributed by atoms with Crippen molar-refractivity contribution in [3.8, 4) is 16.9 Å². The monoisotopic (exact) mass is 487 g/mol. The van der Waals surface area contributed by atoms with Gasteiger partial charge in [0.25, 0.3) is 5.91 Å². The van der Waals surface area contributed by atoms with Crippen molar-refractivity contribution in [1.82, 2.24) is 0 Å². The standard InChI is InChI=1S/C25H17ClF3NO4/c1-14-6-8-15(9-7-14)30-21(31)13-33-16-10-11-18-20(12-16)34-24(25(27,28)29)22(23(18)32)17-4-2-3-5-19(17)26/h2-12H,13H2,1H3,(H,30,31). The van der Waals surface area contributed by atoms with Crippen LogP contribution in [-0.4, -0.2) is 12.5 Å². The van der Waals surface area contributed by atoms with Gasteiger partial charge in [-0.25, -0.2) is 0 Å². The first kappa shape index (κ1) is 23.4. The van der Waals surface area contributed by atoms with Crippen molar-refractivity contribution < 1.29 is 27.1 Å². The van der Waals surface area contributed by atoms with Gasteiger partial charge in [-0.3, -0.25) is 9.59 Å². The second-order valence-corrected chi connectivity index (χ2v) is 7.88. The number of anilines is 1. The number of halogens is 4. The largest absolute Gasteiger partial charge is 0.484 e. The molecule has 5 nitrogen and oxygen atoms in total. The Morgan fingerprint density at radius 1 is 1.06 bits per heavy atom. The zero-order valence-electron chi connectivity index (χ0n) is 17.7. The van der Waals surface area contributed by atoms with Crippen LogP contribution in [0.2, 0.25) is 5.02 Å². The highest BCUT2D eigenvalue weighted by molar-refractivity contribution is 6.33. The molecule has 0 saturated carbocycles. The molecule has 0 unspecified atom stereocenters. The van der Waals surface area contributed by atoms with E-state index in [1.165, 1.54) is 30.3 Å². The molecule has 0 aliphatic rings. The Morgan fingerprint density at radius 2 is 1.76 bits per heavy atom. The summed E-state index contributed by atoms with van der Waals surface area (Å²) < 4.78 is 51.9. The average molecular weight is 488 g/mol. The number of nitrogens with one attached hydrogen (secondary N) is 1. The Morgan fingerprint density at radius 3 is 2.44 bits per heavy atom. The molecule has 3 aromatic carbocycles. The number of alkyl halides is 3. The van der Waals surface area contributed by atoms with Gasteiger partial charge in [0.15, 0.2) is 6.61 Å². The molecule has 4 aromatic rings. The Hall–Kier alpha value is -3.78. The number of fused-ring (bicyclic) bond motifs is 1. The van der Waals surface area contributed by atoms with Gasteiger partial charge in [0.1, 0.15) is 11.3 Å². The molecule has 1 amide bonds. The number of hydrogen-bond donors (Lipinski definition) is 1. The lowest BCUT2D eigenvalue weighted by molar-refractivity contribution is -0.152. The second kappa shape index (κ2) is 9.23. The van der Waals surface area contributed by atoms with E-state index in [0.29, 0.717) is 5.69 Å². The first-order valence-electron chi connectivity index (χ1n) is 10.1. The molecule has 1 heterocycles. The molecule has 0 aliphatic heterocycles. The zero-order valence-corrected chi connectivity index (χ0v) is 18.5. The van der Waals surface area contributed by atoms with Gasteiger partial charge in [-0.05, 0) is 37.3 Å². The molecule has 174 valence electrons. The third-order valence-electron chi connectivity index (χ3n) is 4.97. The maximum absolute atomic E-state index is 13.8. The Labute approximate surface area is 196 Å². The van der Waals surface area contributed by atoms with E-state index in [9.17, 15) is 22.8 Å². The highest BCUT2D eigenvalue weighted by Gasteiger charge is 2.39. The Bertz CT molecular complexity index is 1430. The fourth-order valence-electron chi connectivity index (χ4n) is 3.35. The zero-order chi connectivity index (χ0) is 24.5. The summed E-state index contributed by atoms with van der Waals surface area (Å²) in [6.07, 6.45) is -4.95. The minimum Gasteiger partial charge on any atom is -0.484 e. The third kappa shape index (κ3) is 4.92. The summed E-state index contributed by atoms with van der Waals surface area (Å²) in [7, 11) is 0. The van der Waals surface area contributed by atoms with Crippen molar-refractivity contribution in [2.75, 3.05) is 11.9 Å². The number of amides is 1. The minimum absolute atomic E-state index is 0.0146. The Balaban J connectivity index is 1.65. The predicted octanol–water partition coefficient (Wildman–Crippen LogP) is 6.46. The molecule has 9 heteroatoms. The quantitative estimate of drug-likeness (QED) is 0.351. The van der Waals surface area contributed by atoms with Crippen molar-refractivity contribution in [2.24, 2.45) is 0 Å². The van der Waals surface area contributed by atoms with Crippen LogP contribution in [0.3, 0.4) is 0 Å². The van der Waals surface area contributed by atoms with Gasteiger partial charge in [0.05, 0.1) is 10.9 Å². The number of hydrogen-bond acceptors (Lipinski definition) is 4. The van der Waals surface area contributed by atoms with Crippen LogP contribution in [-0.2, 0) is 11.0 Å². The topological polar surface area (TPSA) is 68.5 Å². The van der Waals surface area contributed by atoms with E-state index in [4.69, 9.17) is 20.8 Å². The summed E-state index contributed by atoms with van der Waals surface area (Å²) in [5, 5.41) is 2.55. The van der Waals surface area contributed by atoms with E-state index in [0.717, 1.165) is 11.6 Å². The van der Waals surface area contributed by atoms with Crippen molar-refractivity contribution in [3.05, 3.63) is 93.3 Å². The van der Waals surface area contributed by atoms with Crippen LogP contribution in [0, 0.1) is 6.92 Å². The first-order valence-corrected chi connectivity index (χ1v) is 10.4. The van der Waals surface area contributed by atoms with Crippen LogP contribution in [0.25, 0.3) is 22.1 Å². The van der Waals surface area contributed by atoms with Crippen LogP contribution < -0.4 is 15.5 Å². The highest BCUT2D eigenvalue weighted by Crippen LogP contribution is 2.39. The number of carbonyl (C=O) groups excluding carboxylic acids is 1. The maximum atomic E-state index is 13.8. The fraction of sp³-hybridized carbons (Fsp3) is 0.120. The summed E-state index contributed by atoms with van der Waals surface area (Å²) in [4.78, 5) is 25.2. The predicted molar refractivity (Wildman–Crippen MR) is 123 cm³/mol. The molecular formula is C25H17ClF3NO4. The number of rotatable bonds is 5. The molecule has 0 bridgehead atoms. The van der Waals surface area contributed by atoms with Crippen molar-refractivity contribution in [2.45, 2.75) is 13.1 Å². The molecule has 4 rings (SSSR count). The molecule has 0 fully saturated rings. The first-order chi connectivity index (χ1) is 16.1. The van der Waals surface area contributed by atoms with E-state index in [-0.39, 0.29) is 27.3 Å². The minimum atomic E-state index is -4.95. The number of ether oxygens (including phenoxy) is 1. The lowest BCUT2D eigenvalue weighted by Crippen LogP contribution is -2.20. The van der Waals surface area contributed by atoms with E-state index < -0.39 is 35.4 Å². The lowest BCUT2D eigenvalue weighted by Gasteiger charge is -2.14. The number of carbonyl (C=O) groups is 1. The molecule has 1 N–H and O–H groups in total. The third-order valence-corrected chi connectivity index (χ3v) is 5.30. The van der Waals surface area contributed by atoms with Gasteiger partial charge in [-0.2, -0.15) is 13.2 Å². The van der Waals surface area contributed by atoms with Crippen molar-refractivity contribution in [3.63, 3.8) is 0 Å². The smallest absolute Gasteiger partial charge is 0.450 e. The summed E-state index contributed by atoms with van der Waals surface area (Å²) in [5.41, 5.74) is -0.361. The van der Waals surface area contributed by atoms with E-state index >= 15 is 0 Å². The maximum Gasteiger partial charge on any atom is 0.450 e. The molecule has 0 saturated heterocycles. The summed E-state index contributed by atoms with van der Waals surface area (Å²) in [5.74, 6) is -1.86. The van der Waals surface area contributed by atoms with E-state index in [1.54, 1.807) is 18.2 Å². The summed E-state index contributed by atoms with van der Waals surface area (Å²) in [6, 6.07) is 16.6. The number of benzene rings is 3. The van der Waals surface area contributed by atoms with Crippen LogP contribution in [0.5, 0.6) is 5.75 Å². The summed E-state index contributed by atoms with van der Waals surface area (Å²) >= 11 is 6.06. The lowest BCUT2D eigenvalue weighted by atomic mass is 10.0. The molecular weight excluding hydrogens is 471 g/mol. The van der Waals surface area contributed by atoms with Crippen molar-refractivity contribution >= 4 is 34.2 Å². The Kier molecular flexibility index (Phi) is 6.34. The van der Waals surface area contributed by atoms with Crippen LogP contribution in [0.15, 0.2) is 75.9 Å².